The average Bonchev–Trinajstić information content (AvgIpc) is 2.11. The molecule has 0 heterocycles. The van der Waals surface area contributed by atoms with Crippen LogP contribution < -0.4 is 10.6 Å². The third kappa shape index (κ3) is 2.30. The predicted molar refractivity (Wildman–Crippen MR) is 46.9 cm³/mol. The normalized spacial score (nSPS) is 10.2. The van der Waals surface area contributed by atoms with E-state index in [1.165, 1.54) is 13.2 Å². The van der Waals surface area contributed by atoms with Crippen molar-refractivity contribution in [1.82, 2.24) is 0 Å². The Balaban J connectivity index is 3.06. The molecule has 0 saturated carbocycles. The standard InChI is InChI=1S/C8H9ClFNO2/c1-12-7-3-5(4-13-11)2-6(10)8(7)9/h2-3H,4,11H2,1H3. The van der Waals surface area contributed by atoms with E-state index in [4.69, 9.17) is 22.2 Å². The van der Waals surface area contributed by atoms with Crippen molar-refractivity contribution in [2.45, 2.75) is 6.61 Å². The van der Waals surface area contributed by atoms with E-state index in [0.717, 1.165) is 0 Å². The Hall–Kier alpha value is -0.840. The van der Waals surface area contributed by atoms with Gasteiger partial charge in [0, 0.05) is 0 Å². The van der Waals surface area contributed by atoms with E-state index in [1.807, 2.05) is 0 Å². The number of rotatable bonds is 3. The van der Waals surface area contributed by atoms with E-state index in [2.05, 4.69) is 4.84 Å². The summed E-state index contributed by atoms with van der Waals surface area (Å²) >= 11 is 5.59. The second-order valence-corrected chi connectivity index (χ2v) is 2.78. The lowest BCUT2D eigenvalue weighted by Gasteiger charge is -2.06. The van der Waals surface area contributed by atoms with Gasteiger partial charge in [-0.25, -0.2) is 10.3 Å². The smallest absolute Gasteiger partial charge is 0.145 e. The molecular weight excluding hydrogens is 197 g/mol. The number of hydrogen-bond donors (Lipinski definition) is 1. The zero-order valence-corrected chi connectivity index (χ0v) is 7.77. The Labute approximate surface area is 80.2 Å². The van der Waals surface area contributed by atoms with E-state index in [0.29, 0.717) is 5.56 Å². The van der Waals surface area contributed by atoms with Gasteiger partial charge in [0.2, 0.25) is 0 Å². The molecule has 0 aromatic heterocycles. The Morgan fingerprint density at radius 2 is 2.23 bits per heavy atom. The maximum Gasteiger partial charge on any atom is 0.145 e. The number of benzene rings is 1. The summed E-state index contributed by atoms with van der Waals surface area (Å²) in [5.41, 5.74) is 0.571. The molecular formula is C8H9ClFNO2. The third-order valence-electron chi connectivity index (χ3n) is 1.52. The monoisotopic (exact) mass is 205 g/mol. The molecule has 0 saturated heterocycles. The van der Waals surface area contributed by atoms with Gasteiger partial charge in [0.05, 0.1) is 13.7 Å². The van der Waals surface area contributed by atoms with Crippen LogP contribution in [0.15, 0.2) is 12.1 Å². The first-order valence-electron chi connectivity index (χ1n) is 3.52. The van der Waals surface area contributed by atoms with E-state index in [1.54, 1.807) is 6.07 Å². The van der Waals surface area contributed by atoms with Crippen LogP contribution in [0.5, 0.6) is 5.75 Å². The van der Waals surface area contributed by atoms with Crippen molar-refractivity contribution in [2.24, 2.45) is 5.90 Å². The van der Waals surface area contributed by atoms with Crippen molar-refractivity contribution >= 4 is 11.6 Å². The van der Waals surface area contributed by atoms with Gasteiger partial charge in [-0.1, -0.05) is 11.6 Å². The van der Waals surface area contributed by atoms with E-state index in [9.17, 15) is 4.39 Å². The number of methoxy groups -OCH3 is 1. The maximum atomic E-state index is 13.0. The largest absolute Gasteiger partial charge is 0.495 e. The van der Waals surface area contributed by atoms with Gasteiger partial charge >= 0.3 is 0 Å². The molecule has 0 amide bonds. The van der Waals surface area contributed by atoms with Gasteiger partial charge < -0.3 is 4.74 Å². The van der Waals surface area contributed by atoms with Gasteiger partial charge in [0.25, 0.3) is 0 Å². The van der Waals surface area contributed by atoms with Crippen LogP contribution in [-0.2, 0) is 11.4 Å². The topological polar surface area (TPSA) is 44.5 Å². The molecule has 13 heavy (non-hydrogen) atoms. The van der Waals surface area contributed by atoms with Crippen LogP contribution in [0.25, 0.3) is 0 Å². The van der Waals surface area contributed by atoms with Gasteiger partial charge in [0.1, 0.15) is 16.6 Å². The highest BCUT2D eigenvalue weighted by molar-refractivity contribution is 6.32. The third-order valence-corrected chi connectivity index (χ3v) is 1.89. The van der Waals surface area contributed by atoms with Crippen LogP contribution in [0.4, 0.5) is 4.39 Å². The average molecular weight is 206 g/mol. The molecule has 0 aliphatic carbocycles. The number of halogens is 2. The molecule has 0 fully saturated rings. The van der Waals surface area contributed by atoms with Gasteiger partial charge in [0.15, 0.2) is 0 Å². The van der Waals surface area contributed by atoms with E-state index >= 15 is 0 Å². The van der Waals surface area contributed by atoms with Crippen molar-refractivity contribution in [3.63, 3.8) is 0 Å². The fourth-order valence-corrected chi connectivity index (χ4v) is 1.13. The second kappa shape index (κ2) is 4.41. The lowest BCUT2D eigenvalue weighted by molar-refractivity contribution is 0.123. The summed E-state index contributed by atoms with van der Waals surface area (Å²) in [5, 5.41) is -0.0386. The maximum absolute atomic E-state index is 13.0. The minimum Gasteiger partial charge on any atom is -0.495 e. The Bertz CT molecular complexity index is 306. The van der Waals surface area contributed by atoms with E-state index < -0.39 is 5.82 Å². The van der Waals surface area contributed by atoms with Gasteiger partial charge in [-0.2, -0.15) is 0 Å². The first-order chi connectivity index (χ1) is 6.19. The highest BCUT2D eigenvalue weighted by atomic mass is 35.5. The minimum absolute atomic E-state index is 0.0386. The van der Waals surface area contributed by atoms with Gasteiger partial charge in [-0.05, 0) is 17.7 Å². The Morgan fingerprint density at radius 1 is 1.54 bits per heavy atom. The minimum atomic E-state index is -0.548. The Kier molecular flexibility index (Phi) is 3.48. The van der Waals surface area contributed by atoms with Crippen molar-refractivity contribution in [3.05, 3.63) is 28.5 Å². The highest BCUT2D eigenvalue weighted by Gasteiger charge is 2.08. The summed E-state index contributed by atoms with van der Waals surface area (Å²) in [5.74, 6) is 4.57. The SMILES string of the molecule is COc1cc(CON)cc(F)c1Cl. The predicted octanol–water partition coefficient (Wildman–Crippen LogP) is 1.88. The van der Waals surface area contributed by atoms with Crippen molar-refractivity contribution in [1.29, 1.82) is 0 Å². The van der Waals surface area contributed by atoms with Crippen molar-refractivity contribution in [3.8, 4) is 5.75 Å². The zero-order valence-electron chi connectivity index (χ0n) is 7.01. The molecule has 1 rings (SSSR count). The lowest BCUT2D eigenvalue weighted by atomic mass is 10.2. The molecule has 2 N–H and O–H groups in total. The molecule has 0 unspecified atom stereocenters. The molecule has 0 bridgehead atoms. The molecule has 5 heteroatoms. The van der Waals surface area contributed by atoms with Crippen molar-refractivity contribution < 1.29 is 14.0 Å². The van der Waals surface area contributed by atoms with Crippen LogP contribution in [0, 0.1) is 5.82 Å². The summed E-state index contributed by atoms with van der Waals surface area (Å²) in [6.07, 6.45) is 0. The summed E-state index contributed by atoms with van der Waals surface area (Å²) < 4.78 is 17.9. The molecule has 0 radical (unpaired) electrons. The first-order valence-corrected chi connectivity index (χ1v) is 3.90. The zero-order chi connectivity index (χ0) is 9.84. The first kappa shape index (κ1) is 10.2. The lowest BCUT2D eigenvalue weighted by Crippen LogP contribution is -2.00. The summed E-state index contributed by atoms with van der Waals surface area (Å²) in [6, 6.07) is 2.82. The van der Waals surface area contributed by atoms with Gasteiger partial charge in [-0.15, -0.1) is 0 Å². The molecule has 0 spiro atoms. The Morgan fingerprint density at radius 3 is 2.77 bits per heavy atom. The number of ether oxygens (including phenoxy) is 1. The second-order valence-electron chi connectivity index (χ2n) is 2.40. The van der Waals surface area contributed by atoms with E-state index in [-0.39, 0.29) is 17.4 Å². The molecule has 1 aromatic rings. The van der Waals surface area contributed by atoms with Crippen LogP contribution >= 0.6 is 11.6 Å². The number of nitrogens with two attached hydrogens (primary N) is 1. The molecule has 0 atom stereocenters. The molecule has 3 nitrogen and oxygen atoms in total. The molecule has 1 aromatic carbocycles. The van der Waals surface area contributed by atoms with Crippen LogP contribution in [-0.4, -0.2) is 7.11 Å². The fraction of sp³-hybridized carbons (Fsp3) is 0.250. The van der Waals surface area contributed by atoms with Crippen LogP contribution in [0.1, 0.15) is 5.56 Å². The molecule has 72 valence electrons. The van der Waals surface area contributed by atoms with Crippen molar-refractivity contribution in [2.75, 3.05) is 7.11 Å². The molecule has 0 aliphatic heterocycles. The fourth-order valence-electron chi connectivity index (χ4n) is 0.945. The quantitative estimate of drug-likeness (QED) is 0.767. The summed E-state index contributed by atoms with van der Waals surface area (Å²) in [6.45, 7) is 0.116. The van der Waals surface area contributed by atoms with Gasteiger partial charge in [-0.3, -0.25) is 4.84 Å². The molecule has 0 aliphatic rings. The number of hydrogen-bond acceptors (Lipinski definition) is 3. The highest BCUT2D eigenvalue weighted by Crippen LogP contribution is 2.28. The summed E-state index contributed by atoms with van der Waals surface area (Å²) in [4.78, 5) is 4.36. The summed E-state index contributed by atoms with van der Waals surface area (Å²) in [7, 11) is 1.41. The van der Waals surface area contributed by atoms with Crippen LogP contribution in [0.3, 0.4) is 0 Å². The van der Waals surface area contributed by atoms with Crippen LogP contribution in [0.2, 0.25) is 5.02 Å².